The zero-order valence-electron chi connectivity index (χ0n) is 6.89. The molecule has 13 heavy (non-hydrogen) atoms. The van der Waals surface area contributed by atoms with Crippen LogP contribution in [0.4, 0.5) is 13.2 Å². The second-order valence-corrected chi connectivity index (χ2v) is 2.49. The molecule has 0 saturated heterocycles. The molecule has 0 unspecified atom stereocenters. The van der Waals surface area contributed by atoms with Gasteiger partial charge in [0.25, 0.3) is 0 Å². The predicted molar refractivity (Wildman–Crippen MR) is 36.7 cm³/mol. The molecule has 0 aromatic carbocycles. The van der Waals surface area contributed by atoms with Gasteiger partial charge in [-0.25, -0.2) is 0 Å². The SMILES string of the molecule is COC(=O)C[C@](O)(CN)C(F)(F)F. The highest BCUT2D eigenvalue weighted by molar-refractivity contribution is 5.70. The van der Waals surface area contributed by atoms with Crippen LogP contribution in [0.25, 0.3) is 0 Å². The van der Waals surface area contributed by atoms with E-state index in [9.17, 15) is 18.0 Å². The molecule has 1 atom stereocenters. The van der Waals surface area contributed by atoms with Crippen molar-refractivity contribution in [3.63, 3.8) is 0 Å². The third-order valence-electron chi connectivity index (χ3n) is 1.53. The van der Waals surface area contributed by atoms with E-state index in [0.717, 1.165) is 7.11 Å². The Labute approximate surface area is 72.5 Å². The molecule has 0 rings (SSSR count). The third kappa shape index (κ3) is 2.85. The van der Waals surface area contributed by atoms with Crippen LogP contribution in [-0.2, 0) is 9.53 Å². The molecular weight excluding hydrogens is 191 g/mol. The summed E-state index contributed by atoms with van der Waals surface area (Å²) in [6.45, 7) is -1.08. The van der Waals surface area contributed by atoms with Crippen molar-refractivity contribution in [2.24, 2.45) is 5.73 Å². The van der Waals surface area contributed by atoms with Gasteiger partial charge in [0, 0.05) is 6.54 Å². The minimum absolute atomic E-state index is 0.926. The van der Waals surface area contributed by atoms with E-state index in [1.165, 1.54) is 0 Å². The lowest BCUT2D eigenvalue weighted by atomic mass is 9.99. The van der Waals surface area contributed by atoms with E-state index in [1.807, 2.05) is 0 Å². The number of carbonyl (C=O) groups excluding carboxylic acids is 1. The molecule has 0 aromatic heterocycles. The Balaban J connectivity index is 4.56. The third-order valence-corrected chi connectivity index (χ3v) is 1.53. The topological polar surface area (TPSA) is 72.5 Å². The van der Waals surface area contributed by atoms with Gasteiger partial charge in [-0.05, 0) is 0 Å². The first-order valence-electron chi connectivity index (χ1n) is 3.33. The molecule has 3 N–H and O–H groups in total. The minimum atomic E-state index is -4.93. The van der Waals surface area contributed by atoms with Crippen LogP contribution in [0.3, 0.4) is 0 Å². The molecule has 0 spiro atoms. The van der Waals surface area contributed by atoms with Gasteiger partial charge in [-0.1, -0.05) is 0 Å². The normalized spacial score (nSPS) is 16.5. The van der Waals surface area contributed by atoms with Crippen molar-refractivity contribution in [1.29, 1.82) is 0 Å². The highest BCUT2D eigenvalue weighted by Gasteiger charge is 2.54. The highest BCUT2D eigenvalue weighted by Crippen LogP contribution is 2.32. The smallest absolute Gasteiger partial charge is 0.419 e. The van der Waals surface area contributed by atoms with Crippen molar-refractivity contribution in [3.8, 4) is 0 Å². The summed E-state index contributed by atoms with van der Waals surface area (Å²) in [6, 6.07) is 0. The molecule has 0 aliphatic carbocycles. The van der Waals surface area contributed by atoms with E-state index in [2.05, 4.69) is 4.74 Å². The minimum Gasteiger partial charge on any atom is -0.469 e. The average molecular weight is 201 g/mol. The Bertz CT molecular complexity index is 194. The number of hydrogen-bond donors (Lipinski definition) is 2. The zero-order chi connectivity index (χ0) is 10.7. The largest absolute Gasteiger partial charge is 0.469 e. The quantitative estimate of drug-likeness (QED) is 0.620. The maximum absolute atomic E-state index is 12.1. The van der Waals surface area contributed by atoms with Crippen LogP contribution in [0.1, 0.15) is 6.42 Å². The first-order valence-corrected chi connectivity index (χ1v) is 3.33. The number of rotatable bonds is 3. The van der Waals surface area contributed by atoms with Crippen LogP contribution >= 0.6 is 0 Å². The van der Waals surface area contributed by atoms with Crippen molar-refractivity contribution in [1.82, 2.24) is 0 Å². The molecule has 0 radical (unpaired) electrons. The molecular formula is C6H10F3NO3. The molecule has 0 saturated carbocycles. The molecule has 0 aliphatic rings. The number of aliphatic hydroxyl groups is 1. The van der Waals surface area contributed by atoms with Gasteiger partial charge >= 0.3 is 12.1 Å². The fraction of sp³-hybridized carbons (Fsp3) is 0.833. The van der Waals surface area contributed by atoms with E-state index in [0.29, 0.717) is 0 Å². The number of alkyl halides is 3. The Morgan fingerprint density at radius 2 is 2.00 bits per heavy atom. The van der Waals surface area contributed by atoms with Gasteiger partial charge in [-0.15, -0.1) is 0 Å². The van der Waals surface area contributed by atoms with Gasteiger partial charge < -0.3 is 15.6 Å². The lowest BCUT2D eigenvalue weighted by Gasteiger charge is -2.27. The number of hydrogen-bond acceptors (Lipinski definition) is 4. The van der Waals surface area contributed by atoms with E-state index in [1.54, 1.807) is 0 Å². The number of nitrogens with two attached hydrogens (primary N) is 1. The molecule has 0 bridgehead atoms. The summed E-state index contributed by atoms with van der Waals surface area (Å²) in [5.41, 5.74) is 1.52. The standard InChI is InChI=1S/C6H10F3NO3/c1-13-4(11)2-5(12,3-10)6(7,8)9/h12H,2-3,10H2,1H3/t5-/m0/s1. The van der Waals surface area contributed by atoms with Crippen LogP contribution < -0.4 is 5.73 Å². The number of methoxy groups -OCH3 is 1. The van der Waals surface area contributed by atoms with Crippen molar-refractivity contribution in [2.45, 2.75) is 18.2 Å². The maximum Gasteiger partial charge on any atom is 0.419 e. The predicted octanol–water partition coefficient (Wildman–Crippen LogP) is -0.198. The highest BCUT2D eigenvalue weighted by atomic mass is 19.4. The molecule has 7 heteroatoms. The van der Waals surface area contributed by atoms with Crippen molar-refractivity contribution < 1.29 is 27.8 Å². The molecule has 0 aromatic rings. The Kier molecular flexibility index (Phi) is 3.68. The monoisotopic (exact) mass is 201 g/mol. The van der Waals surface area contributed by atoms with Crippen LogP contribution in [0, 0.1) is 0 Å². The van der Waals surface area contributed by atoms with Gasteiger partial charge in [0.05, 0.1) is 13.5 Å². The number of halogens is 3. The number of esters is 1. The summed E-state index contributed by atoms with van der Waals surface area (Å²) in [5.74, 6) is -1.16. The molecule has 0 heterocycles. The van der Waals surface area contributed by atoms with Gasteiger partial charge in [0.2, 0.25) is 0 Å². The van der Waals surface area contributed by atoms with Crippen molar-refractivity contribution in [3.05, 3.63) is 0 Å². The number of carbonyl (C=O) groups is 1. The molecule has 0 fully saturated rings. The molecule has 4 nitrogen and oxygen atoms in total. The summed E-state index contributed by atoms with van der Waals surface area (Å²) in [7, 11) is 0.926. The second kappa shape index (κ2) is 3.93. The average Bonchev–Trinajstić information content (AvgIpc) is 2.02. The molecule has 78 valence electrons. The second-order valence-electron chi connectivity index (χ2n) is 2.49. The van der Waals surface area contributed by atoms with Gasteiger partial charge in [-0.3, -0.25) is 4.79 Å². The van der Waals surface area contributed by atoms with Gasteiger partial charge in [0.1, 0.15) is 0 Å². The molecule has 0 aliphatic heterocycles. The Morgan fingerprint density at radius 3 is 2.23 bits per heavy atom. The summed E-state index contributed by atoms with van der Waals surface area (Å²) in [4.78, 5) is 10.5. The van der Waals surface area contributed by atoms with Gasteiger partial charge in [-0.2, -0.15) is 13.2 Å². The van der Waals surface area contributed by atoms with Crippen LogP contribution in [-0.4, -0.2) is 36.5 Å². The summed E-state index contributed by atoms with van der Waals surface area (Å²) in [6.07, 6.45) is -6.13. The van der Waals surface area contributed by atoms with E-state index in [-0.39, 0.29) is 0 Å². The maximum atomic E-state index is 12.1. The first-order chi connectivity index (χ1) is 5.77. The number of ether oxygens (including phenoxy) is 1. The van der Waals surface area contributed by atoms with Crippen molar-refractivity contribution >= 4 is 5.97 Å². The lowest BCUT2D eigenvalue weighted by Crippen LogP contribution is -2.52. The summed E-state index contributed by atoms with van der Waals surface area (Å²) < 4.78 is 40.2. The lowest BCUT2D eigenvalue weighted by molar-refractivity contribution is -0.258. The summed E-state index contributed by atoms with van der Waals surface area (Å²) >= 11 is 0. The fourth-order valence-corrected chi connectivity index (χ4v) is 0.599. The van der Waals surface area contributed by atoms with Crippen LogP contribution in [0.15, 0.2) is 0 Å². The first kappa shape index (κ1) is 12.2. The Morgan fingerprint density at radius 1 is 1.54 bits per heavy atom. The van der Waals surface area contributed by atoms with E-state index in [4.69, 9.17) is 10.8 Å². The molecule has 0 amide bonds. The van der Waals surface area contributed by atoms with Gasteiger partial charge in [0.15, 0.2) is 5.60 Å². The van der Waals surface area contributed by atoms with E-state index >= 15 is 0 Å². The summed E-state index contributed by atoms with van der Waals surface area (Å²) in [5, 5.41) is 8.91. The Hall–Kier alpha value is -0.820. The zero-order valence-corrected chi connectivity index (χ0v) is 6.89. The fourth-order valence-electron chi connectivity index (χ4n) is 0.599. The van der Waals surface area contributed by atoms with E-state index < -0.39 is 30.7 Å². The van der Waals surface area contributed by atoms with Crippen LogP contribution in [0.2, 0.25) is 0 Å². The van der Waals surface area contributed by atoms with Crippen LogP contribution in [0.5, 0.6) is 0 Å². The van der Waals surface area contributed by atoms with Crippen molar-refractivity contribution in [2.75, 3.05) is 13.7 Å².